The van der Waals surface area contributed by atoms with Crippen molar-refractivity contribution in [2.24, 2.45) is 17.3 Å². The van der Waals surface area contributed by atoms with Gasteiger partial charge >= 0.3 is 5.97 Å². The van der Waals surface area contributed by atoms with Crippen molar-refractivity contribution in [3.63, 3.8) is 0 Å². The maximum absolute atomic E-state index is 12.4. The molecule has 0 aromatic rings. The number of ketones is 2. The van der Waals surface area contributed by atoms with E-state index in [0.717, 1.165) is 0 Å². The molecule has 0 aliphatic heterocycles. The Labute approximate surface area is 114 Å². The molecule has 0 N–H and O–H groups in total. The van der Waals surface area contributed by atoms with E-state index >= 15 is 0 Å². The lowest BCUT2D eigenvalue weighted by atomic mass is 9.61. The molecule has 1 aliphatic carbocycles. The van der Waals surface area contributed by atoms with Crippen molar-refractivity contribution in [2.45, 2.75) is 60.0 Å². The molecule has 0 aromatic heterocycles. The minimum atomic E-state index is -0.933. The third-order valence-electron chi connectivity index (χ3n) is 3.83. The molecule has 1 fully saturated rings. The summed E-state index contributed by atoms with van der Waals surface area (Å²) < 4.78 is 5.43. The summed E-state index contributed by atoms with van der Waals surface area (Å²) in [6.45, 7) is 10.4. The predicted molar refractivity (Wildman–Crippen MR) is 71.5 cm³/mol. The van der Waals surface area contributed by atoms with Crippen LogP contribution in [0.3, 0.4) is 0 Å². The highest BCUT2D eigenvalue weighted by Gasteiger charge is 2.51. The van der Waals surface area contributed by atoms with Gasteiger partial charge in [-0.1, -0.05) is 13.8 Å². The molecule has 0 aromatic carbocycles. The van der Waals surface area contributed by atoms with Gasteiger partial charge in [-0.05, 0) is 33.6 Å². The first kappa shape index (κ1) is 15.9. The van der Waals surface area contributed by atoms with Gasteiger partial charge in [0, 0.05) is 18.3 Å². The Morgan fingerprint density at radius 1 is 1.32 bits per heavy atom. The van der Waals surface area contributed by atoms with E-state index in [9.17, 15) is 14.4 Å². The lowest BCUT2D eigenvalue weighted by molar-refractivity contribution is -0.173. The molecule has 108 valence electrons. The van der Waals surface area contributed by atoms with Gasteiger partial charge in [0.2, 0.25) is 0 Å². The van der Waals surface area contributed by atoms with Crippen LogP contribution in [0.15, 0.2) is 0 Å². The highest BCUT2D eigenvalue weighted by molar-refractivity contribution is 5.95. The van der Waals surface area contributed by atoms with Crippen LogP contribution in [0, 0.1) is 17.3 Å². The zero-order valence-corrected chi connectivity index (χ0v) is 12.7. The second-order valence-corrected chi connectivity index (χ2v) is 6.88. The van der Waals surface area contributed by atoms with E-state index in [2.05, 4.69) is 0 Å². The first-order valence-electron chi connectivity index (χ1n) is 6.73. The van der Waals surface area contributed by atoms with Crippen molar-refractivity contribution >= 4 is 17.5 Å². The molecule has 1 saturated carbocycles. The normalized spacial score (nSPS) is 32.0. The molecule has 1 aliphatic rings. The molecule has 0 bridgehead atoms. The van der Waals surface area contributed by atoms with Crippen molar-refractivity contribution < 1.29 is 19.1 Å². The summed E-state index contributed by atoms with van der Waals surface area (Å²) in [4.78, 5) is 36.0. The summed E-state index contributed by atoms with van der Waals surface area (Å²) in [5.41, 5.74) is -1.52. The zero-order chi connectivity index (χ0) is 15.0. The summed E-state index contributed by atoms with van der Waals surface area (Å²) in [5.74, 6) is -1.15. The summed E-state index contributed by atoms with van der Waals surface area (Å²) >= 11 is 0. The van der Waals surface area contributed by atoms with Crippen LogP contribution in [0.5, 0.6) is 0 Å². The van der Waals surface area contributed by atoms with Crippen LogP contribution >= 0.6 is 0 Å². The highest BCUT2D eigenvalue weighted by Crippen LogP contribution is 2.44. The van der Waals surface area contributed by atoms with Crippen molar-refractivity contribution in [1.82, 2.24) is 0 Å². The van der Waals surface area contributed by atoms with Crippen LogP contribution in [0.2, 0.25) is 0 Å². The number of carbonyl (C=O) groups is 3. The molecule has 0 amide bonds. The topological polar surface area (TPSA) is 60.4 Å². The number of rotatable bonds is 2. The predicted octanol–water partition coefficient (Wildman–Crippen LogP) is 2.54. The Morgan fingerprint density at radius 2 is 1.84 bits per heavy atom. The fraction of sp³-hybridized carbons (Fsp3) is 0.800. The fourth-order valence-corrected chi connectivity index (χ4v) is 2.90. The number of esters is 1. The van der Waals surface area contributed by atoms with Gasteiger partial charge in [0.1, 0.15) is 17.2 Å². The lowest BCUT2D eigenvalue weighted by Crippen LogP contribution is -2.49. The number of hydrogen-bond donors (Lipinski definition) is 0. The van der Waals surface area contributed by atoms with E-state index in [1.54, 1.807) is 27.7 Å². The molecule has 0 radical (unpaired) electrons. The minimum absolute atomic E-state index is 0.0463. The van der Waals surface area contributed by atoms with Crippen molar-refractivity contribution in [3.05, 3.63) is 0 Å². The molecular formula is C15H24O4. The largest absolute Gasteiger partial charge is 0.460 e. The Bertz CT molecular complexity index is 405. The first-order valence-corrected chi connectivity index (χ1v) is 6.73. The van der Waals surface area contributed by atoms with Gasteiger partial charge in [-0.2, -0.15) is 0 Å². The molecule has 0 heterocycles. The van der Waals surface area contributed by atoms with Crippen LogP contribution in [0.1, 0.15) is 54.4 Å². The number of Topliss-reactive ketones (excluding diaryl/α,β-unsaturated/α-hetero) is 2. The molecule has 1 unspecified atom stereocenters. The summed E-state index contributed by atoms with van der Waals surface area (Å²) in [6, 6.07) is 0. The molecule has 3 atom stereocenters. The van der Waals surface area contributed by atoms with Gasteiger partial charge in [0.25, 0.3) is 0 Å². The maximum atomic E-state index is 12.4. The smallest absolute Gasteiger partial charge is 0.310 e. The fourth-order valence-electron chi connectivity index (χ4n) is 2.90. The van der Waals surface area contributed by atoms with E-state index in [0.29, 0.717) is 6.42 Å². The van der Waals surface area contributed by atoms with E-state index in [-0.39, 0.29) is 29.9 Å². The molecule has 19 heavy (non-hydrogen) atoms. The summed E-state index contributed by atoms with van der Waals surface area (Å²) in [6.07, 6.45) is 0.476. The van der Waals surface area contributed by atoms with E-state index in [1.165, 1.54) is 6.92 Å². The van der Waals surface area contributed by atoms with Gasteiger partial charge < -0.3 is 4.74 Å². The SMILES string of the molecule is CC(=O)[C@@]1(C)CC(=O)C[C@H](C)C1C(=O)OC(C)(C)C. The monoisotopic (exact) mass is 268 g/mol. The second-order valence-electron chi connectivity index (χ2n) is 6.88. The third-order valence-corrected chi connectivity index (χ3v) is 3.83. The Kier molecular flexibility index (Phi) is 4.23. The van der Waals surface area contributed by atoms with Gasteiger partial charge in [-0.25, -0.2) is 0 Å². The van der Waals surface area contributed by atoms with Crippen LogP contribution in [-0.2, 0) is 19.1 Å². The molecular weight excluding hydrogens is 244 g/mol. The van der Waals surface area contributed by atoms with Crippen LogP contribution in [0.4, 0.5) is 0 Å². The highest BCUT2D eigenvalue weighted by atomic mass is 16.6. The summed E-state index contributed by atoms with van der Waals surface area (Å²) in [7, 11) is 0. The van der Waals surface area contributed by atoms with Gasteiger partial charge in [-0.15, -0.1) is 0 Å². The van der Waals surface area contributed by atoms with Crippen molar-refractivity contribution in [3.8, 4) is 0 Å². The molecule has 1 rings (SSSR count). The van der Waals surface area contributed by atoms with E-state index in [1.807, 2.05) is 6.92 Å². The lowest BCUT2D eigenvalue weighted by Gasteiger charge is -2.41. The standard InChI is InChI=1S/C15H24O4/c1-9-7-11(17)8-15(6,10(2)16)12(9)13(18)19-14(3,4)5/h9,12H,7-8H2,1-6H3/t9-,12?,15+/m0/s1. The summed E-state index contributed by atoms with van der Waals surface area (Å²) in [5, 5.41) is 0. The number of hydrogen-bond acceptors (Lipinski definition) is 4. The van der Waals surface area contributed by atoms with Gasteiger partial charge in [0.05, 0.1) is 5.92 Å². The average molecular weight is 268 g/mol. The third kappa shape index (κ3) is 3.43. The van der Waals surface area contributed by atoms with Crippen molar-refractivity contribution in [2.75, 3.05) is 0 Å². The molecule has 0 saturated heterocycles. The first-order chi connectivity index (χ1) is 8.47. The van der Waals surface area contributed by atoms with Crippen LogP contribution in [0.25, 0.3) is 0 Å². The average Bonchev–Trinajstić information content (AvgIpc) is 2.11. The van der Waals surface area contributed by atoms with Crippen LogP contribution < -0.4 is 0 Å². The van der Waals surface area contributed by atoms with E-state index < -0.39 is 16.9 Å². The number of carbonyl (C=O) groups excluding carboxylic acids is 3. The minimum Gasteiger partial charge on any atom is -0.460 e. The quantitative estimate of drug-likeness (QED) is 0.722. The van der Waals surface area contributed by atoms with Crippen molar-refractivity contribution in [1.29, 1.82) is 0 Å². The zero-order valence-electron chi connectivity index (χ0n) is 12.7. The molecule has 4 heteroatoms. The van der Waals surface area contributed by atoms with Gasteiger partial charge in [0.15, 0.2) is 0 Å². The maximum Gasteiger partial charge on any atom is 0.310 e. The Morgan fingerprint density at radius 3 is 2.26 bits per heavy atom. The Hall–Kier alpha value is -1.19. The second kappa shape index (κ2) is 5.06. The molecule has 4 nitrogen and oxygen atoms in total. The van der Waals surface area contributed by atoms with Crippen LogP contribution in [-0.4, -0.2) is 23.1 Å². The number of ether oxygens (including phenoxy) is 1. The molecule has 0 spiro atoms. The Balaban J connectivity index is 3.09. The van der Waals surface area contributed by atoms with E-state index in [4.69, 9.17) is 4.74 Å². The van der Waals surface area contributed by atoms with Gasteiger partial charge in [-0.3, -0.25) is 14.4 Å².